The Morgan fingerprint density at radius 1 is 0.867 bits per heavy atom. The van der Waals surface area contributed by atoms with Gasteiger partial charge in [-0.25, -0.2) is 13.4 Å². The highest BCUT2D eigenvalue weighted by Gasteiger charge is 2.44. The topological polar surface area (TPSA) is 224 Å². The lowest BCUT2D eigenvalue weighted by atomic mass is 9.85. The number of hydrogen-bond donors (Lipinski definition) is 5. The van der Waals surface area contributed by atoms with Crippen LogP contribution in [0.2, 0.25) is 10.0 Å². The first kappa shape index (κ1) is 58.4. The lowest BCUT2D eigenvalue weighted by Gasteiger charge is -2.35. The molecule has 0 spiro atoms. The Morgan fingerprint density at radius 2 is 1.53 bits per heavy atom. The highest BCUT2D eigenvalue weighted by Crippen LogP contribution is 2.38. The maximum Gasteiger partial charge on any atom is 0.417 e. The van der Waals surface area contributed by atoms with Gasteiger partial charge in [0.05, 0.1) is 83.0 Å². The van der Waals surface area contributed by atoms with Crippen molar-refractivity contribution in [2.24, 2.45) is 5.41 Å². The Morgan fingerprint density at radius 3 is 2.17 bits per heavy atom. The number of halogens is 5. The first-order valence-corrected chi connectivity index (χ1v) is 26.7. The molecule has 1 saturated heterocycles. The zero-order valence-electron chi connectivity index (χ0n) is 41.3. The second-order valence-corrected chi connectivity index (χ2v) is 21.7. The van der Waals surface area contributed by atoms with E-state index in [9.17, 15) is 45.9 Å². The average molecular weight is 1120 g/mol. The average Bonchev–Trinajstić information content (AvgIpc) is 3.97. The van der Waals surface area contributed by atoms with Gasteiger partial charge in [-0.1, -0.05) is 68.2 Å². The number of likely N-dealkylation sites (tertiary alicyclic amines) is 1. The molecule has 5 aromatic rings. The number of alkyl halides is 3. The number of nitrogens with one attached hydrogen (secondary N) is 4. The van der Waals surface area contributed by atoms with Gasteiger partial charge in [-0.3, -0.25) is 23.9 Å². The lowest BCUT2D eigenvalue weighted by Crippen LogP contribution is -2.57. The summed E-state index contributed by atoms with van der Waals surface area (Å²) in [5.74, 6) is -1.52. The van der Waals surface area contributed by atoms with Crippen molar-refractivity contribution in [2.45, 2.75) is 76.3 Å². The number of aromatic nitrogens is 1. The minimum Gasteiger partial charge on any atom is -0.455 e. The molecule has 4 aromatic carbocycles. The summed E-state index contributed by atoms with van der Waals surface area (Å²) in [6.45, 7) is 8.83. The van der Waals surface area contributed by atoms with Crippen molar-refractivity contribution in [3.8, 4) is 21.9 Å². The fourth-order valence-electron chi connectivity index (χ4n) is 7.62. The molecule has 6 rings (SSSR count). The van der Waals surface area contributed by atoms with Crippen LogP contribution in [0.4, 0.5) is 18.9 Å². The number of hydrogen-bond acceptors (Lipinski definition) is 13. The van der Waals surface area contributed by atoms with Crippen LogP contribution in [0, 0.1) is 12.3 Å². The molecule has 0 unspecified atom stereocenters. The van der Waals surface area contributed by atoms with Crippen LogP contribution in [0.5, 0.6) is 11.5 Å². The predicted octanol–water partition coefficient (Wildman–Crippen LogP) is 8.02. The molecule has 0 saturated carbocycles. The van der Waals surface area contributed by atoms with Gasteiger partial charge in [0.1, 0.15) is 17.8 Å². The number of amides is 4. The molecule has 3 atom stereocenters. The minimum atomic E-state index is -4.89. The number of aliphatic hydroxyl groups is 1. The van der Waals surface area contributed by atoms with Crippen molar-refractivity contribution in [3.05, 3.63) is 123 Å². The number of ether oxygens (including phenoxy) is 4. The predicted molar refractivity (Wildman–Crippen MR) is 276 cm³/mol. The number of anilines is 1. The lowest BCUT2D eigenvalue weighted by molar-refractivity contribution is -0.144. The standard InChI is InChI=1S/C51H57Cl2F3N6O11S2/c1-31-45(74-30-59-31)33-7-5-32(6-8-33)28-58-48(66)42-26-36(63)29-62(42)49(67)46(50(2,3)4)60-44(64)17-19-70-21-23-72-24-22-71-20-18-57-47(65)34-9-12-37(13-10-34)73-43-16-11-35(52)25-41(43)61-75(68,69)38-14-15-40(53)39(27-38)51(54,55)56/h5-16,25,27,30,36,42,46,61,63H,17-24,26,28-29H2,1-4H3,(H,57,65)(H,58,66)(H,60,64)/t36-,42+,46-/m1/s1. The number of aliphatic hydroxyl groups excluding tert-OH is 1. The van der Waals surface area contributed by atoms with E-state index < -0.39 is 78.9 Å². The molecule has 1 aromatic heterocycles. The third-order valence-electron chi connectivity index (χ3n) is 11.5. The molecule has 5 N–H and O–H groups in total. The molecule has 1 aliphatic rings. The molecule has 2 heterocycles. The number of rotatable bonds is 24. The second kappa shape index (κ2) is 26.3. The number of benzene rings is 4. The van der Waals surface area contributed by atoms with E-state index in [0.29, 0.717) is 6.07 Å². The van der Waals surface area contributed by atoms with Crippen LogP contribution in [0.1, 0.15) is 60.8 Å². The highest BCUT2D eigenvalue weighted by atomic mass is 35.5. The van der Waals surface area contributed by atoms with Crippen LogP contribution >= 0.6 is 34.5 Å². The van der Waals surface area contributed by atoms with Gasteiger partial charge in [0.15, 0.2) is 5.75 Å². The van der Waals surface area contributed by atoms with E-state index in [0.717, 1.165) is 33.8 Å². The first-order valence-electron chi connectivity index (χ1n) is 23.5. The van der Waals surface area contributed by atoms with Crippen LogP contribution < -0.4 is 25.4 Å². The number of nitrogens with zero attached hydrogens (tertiary/aromatic N) is 2. The highest BCUT2D eigenvalue weighted by molar-refractivity contribution is 7.92. The van der Waals surface area contributed by atoms with Crippen LogP contribution in [-0.2, 0) is 51.3 Å². The maximum absolute atomic E-state index is 13.9. The number of carbonyl (C=O) groups excluding carboxylic acids is 4. The Hall–Kier alpha value is -5.85. The summed E-state index contributed by atoms with van der Waals surface area (Å²) in [7, 11) is -4.56. The Kier molecular flexibility index (Phi) is 20.5. The van der Waals surface area contributed by atoms with E-state index in [4.69, 9.17) is 42.1 Å². The van der Waals surface area contributed by atoms with Gasteiger partial charge in [-0.05, 0) is 84.1 Å². The van der Waals surface area contributed by atoms with Crippen LogP contribution in [0.15, 0.2) is 95.3 Å². The van der Waals surface area contributed by atoms with Crippen LogP contribution in [0.3, 0.4) is 0 Å². The first-order chi connectivity index (χ1) is 35.5. The summed E-state index contributed by atoms with van der Waals surface area (Å²) in [5.41, 5.74) is 2.71. The van der Waals surface area contributed by atoms with Gasteiger partial charge < -0.3 is 44.9 Å². The van der Waals surface area contributed by atoms with Crippen LogP contribution in [-0.4, -0.2) is 118 Å². The molecular weight excluding hydrogens is 1060 g/mol. The van der Waals surface area contributed by atoms with E-state index in [1.54, 1.807) is 16.8 Å². The number of thiazole rings is 1. The van der Waals surface area contributed by atoms with Gasteiger partial charge >= 0.3 is 6.18 Å². The Bertz CT molecular complexity index is 2890. The largest absolute Gasteiger partial charge is 0.455 e. The van der Waals surface area contributed by atoms with E-state index in [1.165, 1.54) is 47.4 Å². The quantitative estimate of drug-likeness (QED) is 0.0371. The molecule has 1 aliphatic heterocycles. The summed E-state index contributed by atoms with van der Waals surface area (Å²) in [6.07, 6.45) is -5.76. The number of β-amino-alcohol motifs (C(OH)–C–C–N with tert-alkyl or cyclic N) is 1. The molecule has 0 radical (unpaired) electrons. The number of carbonyl (C=O) groups is 4. The minimum absolute atomic E-state index is 0.0300. The van der Waals surface area contributed by atoms with Crippen molar-refractivity contribution in [2.75, 3.05) is 57.5 Å². The summed E-state index contributed by atoms with van der Waals surface area (Å²) in [5, 5.41) is 18.4. The van der Waals surface area contributed by atoms with E-state index in [1.807, 2.05) is 52.0 Å². The molecule has 24 heteroatoms. The monoisotopic (exact) mass is 1120 g/mol. The SMILES string of the molecule is Cc1ncsc1-c1ccc(CNC(=O)[C@@H]2C[C@@H](O)CN2C(=O)[C@@H](NC(=O)CCOCCOCCOCCNC(=O)c2ccc(Oc3ccc(Cl)cc3NS(=O)(=O)c3ccc(Cl)c(C(F)(F)F)c3)cc2)C(C)(C)C)cc1. The molecule has 1 fully saturated rings. The zero-order chi connectivity index (χ0) is 54.5. The molecule has 0 aliphatic carbocycles. The zero-order valence-corrected chi connectivity index (χ0v) is 44.4. The van der Waals surface area contributed by atoms with Crippen molar-refractivity contribution in [3.63, 3.8) is 0 Å². The maximum atomic E-state index is 13.9. The van der Waals surface area contributed by atoms with Gasteiger partial charge in [0.25, 0.3) is 15.9 Å². The Labute approximate surface area is 446 Å². The fraction of sp³-hybridized carbons (Fsp3) is 0.392. The molecule has 17 nitrogen and oxygen atoms in total. The van der Waals surface area contributed by atoms with Crippen molar-refractivity contribution < 1.29 is 64.8 Å². The van der Waals surface area contributed by atoms with E-state index in [2.05, 4.69) is 25.7 Å². The third-order valence-corrected chi connectivity index (χ3v) is 14.5. The fourth-order valence-corrected chi connectivity index (χ4v) is 9.92. The third kappa shape index (κ3) is 16.8. The number of sulfonamides is 1. The number of aryl methyl sites for hydroxylation is 1. The smallest absolute Gasteiger partial charge is 0.417 e. The summed E-state index contributed by atoms with van der Waals surface area (Å²) in [6, 6.07) is 17.9. The normalized spacial score (nSPS) is 15.3. The van der Waals surface area contributed by atoms with Crippen LogP contribution in [0.25, 0.3) is 10.4 Å². The van der Waals surface area contributed by atoms with Gasteiger partial charge in [0, 0.05) is 43.1 Å². The summed E-state index contributed by atoms with van der Waals surface area (Å²) >= 11 is 13.3. The van der Waals surface area contributed by atoms with E-state index >= 15 is 0 Å². The second-order valence-electron chi connectivity index (χ2n) is 18.3. The molecule has 0 bridgehead atoms. The Balaban J connectivity index is 0.840. The van der Waals surface area contributed by atoms with Crippen molar-refractivity contribution >= 4 is 73.9 Å². The van der Waals surface area contributed by atoms with Crippen molar-refractivity contribution in [1.82, 2.24) is 25.8 Å². The molecule has 75 heavy (non-hydrogen) atoms. The molecular formula is C51H57Cl2F3N6O11S2. The molecule has 404 valence electrons. The van der Waals surface area contributed by atoms with Gasteiger partial charge in [-0.2, -0.15) is 13.2 Å². The van der Waals surface area contributed by atoms with Crippen molar-refractivity contribution in [1.29, 1.82) is 0 Å². The van der Waals surface area contributed by atoms with E-state index in [-0.39, 0.29) is 99.9 Å². The summed E-state index contributed by atoms with van der Waals surface area (Å²) < 4.78 is 91.1. The molecule has 4 amide bonds. The van der Waals surface area contributed by atoms with Gasteiger partial charge in [0.2, 0.25) is 17.7 Å². The van der Waals surface area contributed by atoms with Gasteiger partial charge in [-0.15, -0.1) is 11.3 Å². The summed E-state index contributed by atoms with van der Waals surface area (Å²) in [4.78, 5) is 59.2.